The molecule has 0 bridgehead atoms. The first-order valence-corrected chi connectivity index (χ1v) is 9.32. The summed E-state index contributed by atoms with van der Waals surface area (Å²) >= 11 is 12.2. The number of rotatable bonds is 6. The molecule has 3 rings (SSSR count). The molecular formula is C20H19Cl2N5O. The molecule has 3 aromatic rings. The zero-order chi connectivity index (χ0) is 20.1. The van der Waals surface area contributed by atoms with Crippen LogP contribution in [0, 0.1) is 0 Å². The first-order valence-electron chi connectivity index (χ1n) is 8.56. The fourth-order valence-electron chi connectivity index (χ4n) is 2.68. The average molecular weight is 416 g/mol. The average Bonchev–Trinajstić information content (AvgIpc) is 2.70. The highest BCUT2D eigenvalue weighted by atomic mass is 35.5. The summed E-state index contributed by atoms with van der Waals surface area (Å²) in [4.78, 5) is 20.3. The van der Waals surface area contributed by atoms with Crippen LogP contribution in [0.25, 0.3) is 11.3 Å². The number of nitrogens with two attached hydrogens (primary N) is 1. The van der Waals surface area contributed by atoms with Gasteiger partial charge >= 0.3 is 0 Å². The molecule has 2 aromatic carbocycles. The molecule has 0 spiro atoms. The van der Waals surface area contributed by atoms with Crippen LogP contribution in [0.2, 0.25) is 10.0 Å². The summed E-state index contributed by atoms with van der Waals surface area (Å²) in [6.45, 7) is 1.22. The van der Waals surface area contributed by atoms with Crippen molar-refractivity contribution in [3.63, 3.8) is 0 Å². The molecule has 0 unspecified atom stereocenters. The lowest BCUT2D eigenvalue weighted by atomic mass is 10.1. The second-order valence-electron chi connectivity index (χ2n) is 6.11. The van der Waals surface area contributed by atoms with E-state index in [9.17, 15) is 4.79 Å². The lowest BCUT2D eigenvalue weighted by molar-refractivity contribution is 0.0959. The number of hydrogen-bond acceptors (Lipinski definition) is 5. The van der Waals surface area contributed by atoms with Gasteiger partial charge < -0.3 is 16.4 Å². The van der Waals surface area contributed by atoms with Crippen molar-refractivity contribution >= 4 is 34.9 Å². The molecule has 1 aromatic heterocycles. The van der Waals surface area contributed by atoms with E-state index in [4.69, 9.17) is 28.9 Å². The lowest BCUT2D eigenvalue weighted by Gasteiger charge is -2.10. The number of aromatic nitrogens is 2. The molecule has 8 heteroatoms. The molecule has 0 aliphatic rings. The minimum absolute atomic E-state index is 0.0966. The van der Waals surface area contributed by atoms with Crippen LogP contribution >= 0.6 is 23.2 Å². The maximum absolute atomic E-state index is 11.9. The fourth-order valence-corrected chi connectivity index (χ4v) is 3.06. The molecule has 0 saturated carbocycles. The van der Waals surface area contributed by atoms with E-state index >= 15 is 0 Å². The Bertz CT molecular complexity index is 1010. The molecule has 4 N–H and O–H groups in total. The number of anilines is 1. The highest BCUT2D eigenvalue weighted by Gasteiger charge is 2.13. The van der Waals surface area contributed by atoms with Crippen molar-refractivity contribution in [1.82, 2.24) is 20.6 Å². The van der Waals surface area contributed by atoms with Crippen molar-refractivity contribution in [3.8, 4) is 11.3 Å². The smallest absolute Gasteiger partial charge is 0.273 e. The molecule has 144 valence electrons. The Hall–Kier alpha value is -2.67. The molecule has 1 heterocycles. The Balaban J connectivity index is 1.74. The van der Waals surface area contributed by atoms with E-state index in [1.54, 1.807) is 18.3 Å². The summed E-state index contributed by atoms with van der Waals surface area (Å²) in [5.41, 5.74) is 9.27. The van der Waals surface area contributed by atoms with E-state index in [0.717, 1.165) is 16.7 Å². The van der Waals surface area contributed by atoms with Gasteiger partial charge in [-0.2, -0.15) is 0 Å². The Labute approximate surface area is 173 Å². The number of nitrogen functional groups attached to an aromatic ring is 1. The van der Waals surface area contributed by atoms with Gasteiger partial charge in [-0.25, -0.2) is 9.97 Å². The second-order valence-corrected chi connectivity index (χ2v) is 6.95. The molecule has 0 fully saturated rings. The van der Waals surface area contributed by atoms with E-state index < -0.39 is 0 Å². The van der Waals surface area contributed by atoms with Gasteiger partial charge in [0.2, 0.25) is 0 Å². The number of amides is 1. The van der Waals surface area contributed by atoms with E-state index in [1.807, 2.05) is 30.3 Å². The largest absolute Gasteiger partial charge is 0.382 e. The van der Waals surface area contributed by atoms with Crippen LogP contribution in [0.5, 0.6) is 0 Å². The highest BCUT2D eigenvalue weighted by molar-refractivity contribution is 6.33. The number of halogens is 2. The number of nitrogens with zero attached hydrogens (tertiary/aromatic N) is 2. The van der Waals surface area contributed by atoms with E-state index in [1.165, 1.54) is 7.05 Å². The van der Waals surface area contributed by atoms with Crippen LogP contribution in [-0.4, -0.2) is 22.9 Å². The predicted octanol–water partition coefficient (Wildman–Crippen LogP) is 3.68. The SMILES string of the molecule is CNC(=O)c1nc(-c2cccc(CNCc3cc(Cl)ccc3Cl)c2)cnc1N. The summed E-state index contributed by atoms with van der Waals surface area (Å²) in [7, 11) is 1.52. The molecular weight excluding hydrogens is 397 g/mol. The molecule has 1 amide bonds. The molecule has 0 aliphatic carbocycles. The number of hydrogen-bond donors (Lipinski definition) is 3. The zero-order valence-electron chi connectivity index (χ0n) is 15.2. The van der Waals surface area contributed by atoms with Gasteiger partial charge in [-0.3, -0.25) is 4.79 Å². The third-order valence-electron chi connectivity index (χ3n) is 4.12. The van der Waals surface area contributed by atoms with Crippen molar-refractivity contribution in [2.24, 2.45) is 0 Å². The standard InChI is InChI=1S/C20H19Cl2N5O/c1-24-20(28)18-19(23)26-11-17(27-18)13-4-2-3-12(7-13)9-25-10-14-8-15(21)5-6-16(14)22/h2-8,11,25H,9-10H2,1H3,(H2,23,26)(H,24,28). The van der Waals surface area contributed by atoms with Crippen LogP contribution in [0.3, 0.4) is 0 Å². The topological polar surface area (TPSA) is 92.9 Å². The van der Waals surface area contributed by atoms with Gasteiger partial charge in [0.25, 0.3) is 5.91 Å². The summed E-state index contributed by atoms with van der Waals surface area (Å²) in [5, 5.41) is 7.18. The number of nitrogens with one attached hydrogen (secondary N) is 2. The van der Waals surface area contributed by atoms with Gasteiger partial charge in [0.05, 0.1) is 11.9 Å². The number of carbonyl (C=O) groups excluding carboxylic acids is 1. The number of carbonyl (C=O) groups is 1. The molecule has 6 nitrogen and oxygen atoms in total. The maximum atomic E-state index is 11.9. The maximum Gasteiger partial charge on any atom is 0.273 e. The molecule has 0 atom stereocenters. The minimum Gasteiger partial charge on any atom is -0.382 e. The van der Waals surface area contributed by atoms with E-state index in [2.05, 4.69) is 20.6 Å². The van der Waals surface area contributed by atoms with Gasteiger partial charge in [-0.05, 0) is 35.4 Å². The second kappa shape index (κ2) is 9.01. The van der Waals surface area contributed by atoms with Gasteiger partial charge in [0.15, 0.2) is 11.5 Å². The van der Waals surface area contributed by atoms with Crippen LogP contribution < -0.4 is 16.4 Å². The summed E-state index contributed by atoms with van der Waals surface area (Å²) in [6.07, 6.45) is 1.56. The van der Waals surface area contributed by atoms with Crippen molar-refractivity contribution in [2.75, 3.05) is 12.8 Å². The molecule has 0 radical (unpaired) electrons. The minimum atomic E-state index is -0.372. The van der Waals surface area contributed by atoms with Crippen molar-refractivity contribution in [1.29, 1.82) is 0 Å². The molecule has 0 aliphatic heterocycles. The number of benzene rings is 2. The zero-order valence-corrected chi connectivity index (χ0v) is 16.7. The van der Waals surface area contributed by atoms with Gasteiger partial charge in [-0.1, -0.05) is 41.4 Å². The summed E-state index contributed by atoms with van der Waals surface area (Å²) < 4.78 is 0. The first kappa shape index (κ1) is 20.1. The van der Waals surface area contributed by atoms with Crippen molar-refractivity contribution in [3.05, 3.63) is 75.5 Å². The van der Waals surface area contributed by atoms with Crippen LogP contribution in [0.15, 0.2) is 48.7 Å². The van der Waals surface area contributed by atoms with Crippen LogP contribution in [0.4, 0.5) is 5.82 Å². The monoisotopic (exact) mass is 415 g/mol. The third-order valence-corrected chi connectivity index (χ3v) is 4.72. The van der Waals surface area contributed by atoms with Crippen LogP contribution in [-0.2, 0) is 13.1 Å². The van der Waals surface area contributed by atoms with E-state index in [-0.39, 0.29) is 17.4 Å². The van der Waals surface area contributed by atoms with Crippen molar-refractivity contribution in [2.45, 2.75) is 13.1 Å². The normalized spacial score (nSPS) is 10.7. The predicted molar refractivity (Wildman–Crippen MR) is 112 cm³/mol. The molecule has 0 saturated heterocycles. The summed E-state index contributed by atoms with van der Waals surface area (Å²) in [6, 6.07) is 13.2. The Morgan fingerprint density at radius 3 is 2.75 bits per heavy atom. The van der Waals surface area contributed by atoms with Crippen LogP contribution in [0.1, 0.15) is 21.6 Å². The Morgan fingerprint density at radius 2 is 1.96 bits per heavy atom. The van der Waals surface area contributed by atoms with Crippen molar-refractivity contribution < 1.29 is 4.79 Å². The quantitative estimate of drug-likeness (QED) is 0.570. The third kappa shape index (κ3) is 4.78. The Kier molecular flexibility index (Phi) is 6.46. The lowest BCUT2D eigenvalue weighted by Crippen LogP contribution is -2.21. The van der Waals surface area contributed by atoms with E-state index in [0.29, 0.717) is 28.8 Å². The summed E-state index contributed by atoms with van der Waals surface area (Å²) in [5.74, 6) is -0.276. The van der Waals surface area contributed by atoms with Gasteiger partial charge in [-0.15, -0.1) is 0 Å². The molecule has 28 heavy (non-hydrogen) atoms. The Morgan fingerprint density at radius 1 is 1.14 bits per heavy atom. The first-order chi connectivity index (χ1) is 13.5. The fraction of sp³-hybridized carbons (Fsp3) is 0.150. The van der Waals surface area contributed by atoms with Gasteiger partial charge in [0, 0.05) is 35.7 Å². The highest BCUT2D eigenvalue weighted by Crippen LogP contribution is 2.22. The van der Waals surface area contributed by atoms with Gasteiger partial charge in [0.1, 0.15) is 0 Å².